The highest BCUT2D eigenvalue weighted by Gasteiger charge is 2.09. The fraction of sp³-hybridized carbons (Fsp3) is 0.333. The fourth-order valence-electron chi connectivity index (χ4n) is 0.938. The van der Waals surface area contributed by atoms with Crippen LogP contribution in [0.4, 0.5) is 4.39 Å². The largest absolute Gasteiger partial charge is 0.493 e. The average molecular weight is 205 g/mol. The molecule has 1 rings (SSSR count). The predicted octanol–water partition coefficient (Wildman–Crippen LogP) is 2.89. The Labute approximate surface area is 81.2 Å². The van der Waals surface area contributed by atoms with Gasteiger partial charge in [-0.25, -0.2) is 4.39 Å². The Balaban J connectivity index is 3.09. The molecule has 0 radical (unpaired) electrons. The molecule has 2 nitrogen and oxygen atoms in total. The third-order valence-electron chi connectivity index (χ3n) is 1.51. The first-order valence-corrected chi connectivity index (χ1v) is 4.22. The van der Waals surface area contributed by atoms with E-state index in [0.29, 0.717) is 18.1 Å². The van der Waals surface area contributed by atoms with Crippen molar-refractivity contribution < 1.29 is 13.9 Å². The second kappa shape index (κ2) is 4.33. The van der Waals surface area contributed by atoms with E-state index in [1.165, 1.54) is 19.2 Å². The van der Waals surface area contributed by atoms with E-state index < -0.39 is 5.82 Å². The van der Waals surface area contributed by atoms with Gasteiger partial charge >= 0.3 is 0 Å². The minimum atomic E-state index is -0.512. The van der Waals surface area contributed by atoms with Crippen molar-refractivity contribution in [2.75, 3.05) is 13.7 Å². The Bertz CT molecular complexity index is 302. The second-order valence-electron chi connectivity index (χ2n) is 2.35. The van der Waals surface area contributed by atoms with Crippen LogP contribution < -0.4 is 9.47 Å². The smallest absolute Gasteiger partial charge is 0.163 e. The molecule has 1 aromatic rings. The van der Waals surface area contributed by atoms with E-state index in [4.69, 9.17) is 21.1 Å². The highest BCUT2D eigenvalue weighted by Crippen LogP contribution is 2.32. The molecule has 13 heavy (non-hydrogen) atoms. The van der Waals surface area contributed by atoms with E-state index in [2.05, 4.69) is 0 Å². The van der Waals surface area contributed by atoms with Gasteiger partial charge < -0.3 is 9.47 Å². The van der Waals surface area contributed by atoms with Gasteiger partial charge in [0.1, 0.15) is 5.82 Å². The molecular weight excluding hydrogens is 195 g/mol. The average Bonchev–Trinajstić information content (AvgIpc) is 2.11. The van der Waals surface area contributed by atoms with Crippen LogP contribution in [0.2, 0.25) is 5.02 Å². The normalized spacial score (nSPS) is 9.85. The van der Waals surface area contributed by atoms with Crippen LogP contribution in [0.15, 0.2) is 12.1 Å². The van der Waals surface area contributed by atoms with Crippen LogP contribution in [0.1, 0.15) is 6.92 Å². The van der Waals surface area contributed by atoms with E-state index in [1.807, 2.05) is 6.92 Å². The van der Waals surface area contributed by atoms with E-state index >= 15 is 0 Å². The molecule has 1 aromatic carbocycles. The first kappa shape index (κ1) is 10.1. The number of methoxy groups -OCH3 is 1. The predicted molar refractivity (Wildman–Crippen MR) is 49.1 cm³/mol. The Kier molecular flexibility index (Phi) is 3.37. The molecule has 0 heterocycles. The van der Waals surface area contributed by atoms with Gasteiger partial charge in [0.05, 0.1) is 18.7 Å². The van der Waals surface area contributed by atoms with Gasteiger partial charge in [0.2, 0.25) is 0 Å². The van der Waals surface area contributed by atoms with Crippen molar-refractivity contribution in [3.63, 3.8) is 0 Å². The number of ether oxygens (including phenoxy) is 2. The second-order valence-corrected chi connectivity index (χ2v) is 2.76. The van der Waals surface area contributed by atoms with Gasteiger partial charge in [-0.15, -0.1) is 0 Å². The highest BCUT2D eigenvalue weighted by molar-refractivity contribution is 6.30. The first-order chi connectivity index (χ1) is 6.19. The Morgan fingerprint density at radius 3 is 2.62 bits per heavy atom. The molecule has 72 valence electrons. The summed E-state index contributed by atoms with van der Waals surface area (Å²) in [5, 5.41) is 0.0317. The molecule has 0 spiro atoms. The van der Waals surface area contributed by atoms with Crippen molar-refractivity contribution in [2.45, 2.75) is 6.92 Å². The van der Waals surface area contributed by atoms with Crippen LogP contribution in [0.5, 0.6) is 11.5 Å². The molecule has 0 unspecified atom stereocenters. The Hall–Kier alpha value is -0.960. The van der Waals surface area contributed by atoms with Gasteiger partial charge in [-0.1, -0.05) is 11.6 Å². The van der Waals surface area contributed by atoms with Gasteiger partial charge in [0.15, 0.2) is 11.5 Å². The van der Waals surface area contributed by atoms with E-state index in [-0.39, 0.29) is 5.02 Å². The minimum absolute atomic E-state index is 0.0317. The third-order valence-corrected chi connectivity index (χ3v) is 1.80. The van der Waals surface area contributed by atoms with Crippen molar-refractivity contribution in [3.8, 4) is 11.5 Å². The van der Waals surface area contributed by atoms with E-state index in [0.717, 1.165) is 0 Å². The van der Waals surface area contributed by atoms with Crippen LogP contribution in [0.25, 0.3) is 0 Å². The van der Waals surface area contributed by atoms with Gasteiger partial charge in [-0.3, -0.25) is 0 Å². The van der Waals surface area contributed by atoms with Gasteiger partial charge in [0, 0.05) is 12.1 Å². The maximum atomic E-state index is 12.9. The minimum Gasteiger partial charge on any atom is -0.493 e. The molecule has 0 aliphatic heterocycles. The summed E-state index contributed by atoms with van der Waals surface area (Å²) in [4.78, 5) is 0. The molecule has 0 aliphatic rings. The molecular formula is C9H10ClFO2. The Morgan fingerprint density at radius 2 is 2.08 bits per heavy atom. The van der Waals surface area contributed by atoms with Crippen molar-refractivity contribution in [1.29, 1.82) is 0 Å². The molecule has 0 saturated heterocycles. The van der Waals surface area contributed by atoms with Crippen molar-refractivity contribution >= 4 is 11.6 Å². The SMILES string of the molecule is CCOc1cc(Cl)c(F)cc1OC. The van der Waals surface area contributed by atoms with Crippen molar-refractivity contribution in [2.24, 2.45) is 0 Å². The first-order valence-electron chi connectivity index (χ1n) is 3.84. The standard InChI is InChI=1S/C9H10ClFO2/c1-3-13-9-4-6(10)7(11)5-8(9)12-2/h4-5H,3H2,1-2H3. The lowest BCUT2D eigenvalue weighted by atomic mass is 10.3. The summed E-state index contributed by atoms with van der Waals surface area (Å²) in [6.07, 6.45) is 0. The van der Waals surface area contributed by atoms with Gasteiger partial charge in [0.25, 0.3) is 0 Å². The lowest BCUT2D eigenvalue weighted by Gasteiger charge is -2.09. The number of benzene rings is 1. The summed E-state index contributed by atoms with van der Waals surface area (Å²) in [5.41, 5.74) is 0. The summed E-state index contributed by atoms with van der Waals surface area (Å²) in [6, 6.07) is 2.60. The monoisotopic (exact) mass is 204 g/mol. The molecule has 0 amide bonds. The summed E-state index contributed by atoms with van der Waals surface area (Å²) in [7, 11) is 1.45. The quantitative estimate of drug-likeness (QED) is 0.754. The number of hydrogen-bond acceptors (Lipinski definition) is 2. The van der Waals surface area contributed by atoms with Gasteiger partial charge in [-0.05, 0) is 6.92 Å². The highest BCUT2D eigenvalue weighted by atomic mass is 35.5. The zero-order valence-electron chi connectivity index (χ0n) is 7.43. The maximum absolute atomic E-state index is 12.9. The maximum Gasteiger partial charge on any atom is 0.163 e. The molecule has 4 heteroatoms. The molecule has 0 atom stereocenters. The van der Waals surface area contributed by atoms with E-state index in [1.54, 1.807) is 0 Å². The molecule has 0 bridgehead atoms. The topological polar surface area (TPSA) is 18.5 Å². The number of halogens is 2. The van der Waals surface area contributed by atoms with Crippen LogP contribution in [-0.2, 0) is 0 Å². The number of hydrogen-bond donors (Lipinski definition) is 0. The summed E-state index contributed by atoms with van der Waals surface area (Å²) in [5.74, 6) is 0.294. The van der Waals surface area contributed by atoms with Crippen molar-refractivity contribution in [3.05, 3.63) is 23.0 Å². The lowest BCUT2D eigenvalue weighted by molar-refractivity contribution is 0.309. The van der Waals surface area contributed by atoms with E-state index in [9.17, 15) is 4.39 Å². The zero-order chi connectivity index (χ0) is 9.84. The van der Waals surface area contributed by atoms with Crippen LogP contribution in [0, 0.1) is 5.82 Å². The van der Waals surface area contributed by atoms with Crippen molar-refractivity contribution in [1.82, 2.24) is 0 Å². The third kappa shape index (κ3) is 2.25. The Morgan fingerprint density at radius 1 is 1.38 bits per heavy atom. The van der Waals surface area contributed by atoms with Gasteiger partial charge in [-0.2, -0.15) is 0 Å². The summed E-state index contributed by atoms with van der Waals surface area (Å²) < 4.78 is 23.0. The molecule has 0 saturated carbocycles. The van der Waals surface area contributed by atoms with Crippen LogP contribution >= 0.6 is 11.6 Å². The molecule has 0 fully saturated rings. The lowest BCUT2D eigenvalue weighted by Crippen LogP contribution is -1.96. The summed E-state index contributed by atoms with van der Waals surface area (Å²) in [6.45, 7) is 2.31. The molecule has 0 N–H and O–H groups in total. The van der Waals surface area contributed by atoms with Crippen LogP contribution in [-0.4, -0.2) is 13.7 Å². The zero-order valence-corrected chi connectivity index (χ0v) is 8.19. The summed E-state index contributed by atoms with van der Waals surface area (Å²) >= 11 is 5.57. The molecule has 0 aliphatic carbocycles. The molecule has 0 aromatic heterocycles. The van der Waals surface area contributed by atoms with Crippen LogP contribution in [0.3, 0.4) is 0 Å². The fourth-order valence-corrected chi connectivity index (χ4v) is 1.09. The number of rotatable bonds is 3.